The number of aromatic nitrogens is 1. The average molecular weight is 559 g/mol. The quantitative estimate of drug-likeness (QED) is 0.580. The number of amides is 1. The summed E-state index contributed by atoms with van der Waals surface area (Å²) >= 11 is 0. The Bertz CT molecular complexity index is 1200. The molecule has 6 rings (SSSR count). The fourth-order valence-electron chi connectivity index (χ4n) is 6.77. The molecule has 2 fully saturated rings. The third-order valence-electron chi connectivity index (χ3n) is 8.87. The highest BCUT2D eigenvalue weighted by atomic mass is 19.4. The summed E-state index contributed by atoms with van der Waals surface area (Å²) in [5.74, 6) is -0.115. The molecule has 3 unspecified atom stereocenters. The van der Waals surface area contributed by atoms with E-state index in [0.29, 0.717) is 31.1 Å². The van der Waals surface area contributed by atoms with Crippen molar-refractivity contribution in [1.29, 1.82) is 0 Å². The number of carbonyl (C=O) groups is 1. The molecule has 2 saturated heterocycles. The van der Waals surface area contributed by atoms with Crippen LogP contribution in [0.15, 0.2) is 36.7 Å². The first-order valence-electron chi connectivity index (χ1n) is 14.4. The number of rotatable bonds is 6. The minimum absolute atomic E-state index is 0.0127. The van der Waals surface area contributed by atoms with Crippen molar-refractivity contribution in [2.24, 2.45) is 0 Å². The summed E-state index contributed by atoms with van der Waals surface area (Å²) in [5.41, 5.74) is 3.34. The lowest BCUT2D eigenvalue weighted by Crippen LogP contribution is -2.48. The number of likely N-dealkylation sites (tertiary alicyclic amines) is 1. The van der Waals surface area contributed by atoms with Gasteiger partial charge in [0, 0.05) is 57.8 Å². The number of carbonyl (C=O) groups excluding carboxylic acids is 1. The van der Waals surface area contributed by atoms with Crippen molar-refractivity contribution in [3.05, 3.63) is 64.5 Å². The van der Waals surface area contributed by atoms with E-state index in [2.05, 4.69) is 15.2 Å². The number of aryl methyl sites for hydroxylation is 1. The molecule has 4 atom stereocenters. The number of hydrogen-bond acceptors (Lipinski definition) is 6. The van der Waals surface area contributed by atoms with Gasteiger partial charge in [-0.3, -0.25) is 19.6 Å². The summed E-state index contributed by atoms with van der Waals surface area (Å²) in [7, 11) is 0. The van der Waals surface area contributed by atoms with Crippen LogP contribution in [0.5, 0.6) is 0 Å². The van der Waals surface area contributed by atoms with Crippen LogP contribution >= 0.6 is 0 Å². The maximum Gasteiger partial charge on any atom is 0.416 e. The topological polar surface area (TPSA) is 66.9 Å². The van der Waals surface area contributed by atoms with Crippen molar-refractivity contribution in [2.75, 3.05) is 39.4 Å². The van der Waals surface area contributed by atoms with Crippen LogP contribution in [0, 0.1) is 0 Å². The van der Waals surface area contributed by atoms with Crippen molar-refractivity contribution in [1.82, 2.24) is 20.1 Å². The Morgan fingerprint density at radius 2 is 1.98 bits per heavy atom. The molecule has 4 heterocycles. The number of hydrogen-bond donors (Lipinski definition) is 1. The molecule has 1 amide bonds. The number of ether oxygens (including phenoxy) is 2. The molecule has 1 N–H and O–H groups in total. The molecule has 1 aliphatic carbocycles. The molecule has 2 aromatic rings. The highest BCUT2D eigenvalue weighted by Gasteiger charge is 2.40. The molecule has 0 saturated carbocycles. The monoisotopic (exact) mass is 558 g/mol. The van der Waals surface area contributed by atoms with Gasteiger partial charge >= 0.3 is 6.18 Å². The van der Waals surface area contributed by atoms with Crippen LogP contribution in [-0.2, 0) is 39.8 Å². The van der Waals surface area contributed by atoms with Crippen molar-refractivity contribution in [3.8, 4) is 0 Å². The minimum Gasteiger partial charge on any atom is -0.381 e. The molecule has 4 aliphatic rings. The first-order chi connectivity index (χ1) is 19.3. The molecule has 0 bridgehead atoms. The molecule has 0 radical (unpaired) electrons. The number of nitrogens with zero attached hydrogens (tertiary/aromatic N) is 3. The van der Waals surface area contributed by atoms with Crippen LogP contribution in [0.4, 0.5) is 13.2 Å². The van der Waals surface area contributed by atoms with Gasteiger partial charge in [0.2, 0.25) is 5.91 Å². The molecule has 1 aromatic heterocycles. The number of alkyl halides is 3. The van der Waals surface area contributed by atoms with E-state index in [1.807, 2.05) is 17.2 Å². The van der Waals surface area contributed by atoms with Crippen LogP contribution in [0.1, 0.15) is 59.6 Å². The SMILES string of the molecule is O=C(CN1CCc2ccc(C(F)(F)F)cc2C1)NC1CN(C2CCCOCC2)C[C@@H]1OC1CCc2cnccc21. The van der Waals surface area contributed by atoms with E-state index < -0.39 is 11.7 Å². The van der Waals surface area contributed by atoms with Crippen molar-refractivity contribution in [3.63, 3.8) is 0 Å². The molecule has 40 heavy (non-hydrogen) atoms. The first kappa shape index (κ1) is 27.6. The molecule has 10 heteroatoms. The summed E-state index contributed by atoms with van der Waals surface area (Å²) in [6.45, 7) is 4.13. The molecule has 3 aliphatic heterocycles. The fourth-order valence-corrected chi connectivity index (χ4v) is 6.77. The second-order valence-corrected chi connectivity index (χ2v) is 11.5. The summed E-state index contributed by atoms with van der Waals surface area (Å²) in [4.78, 5) is 21.9. The van der Waals surface area contributed by atoms with Crippen molar-refractivity contribution >= 4 is 5.91 Å². The Morgan fingerprint density at radius 3 is 2.85 bits per heavy atom. The van der Waals surface area contributed by atoms with Crippen LogP contribution in [0.2, 0.25) is 0 Å². The van der Waals surface area contributed by atoms with Gasteiger partial charge in [0.15, 0.2) is 0 Å². The summed E-state index contributed by atoms with van der Waals surface area (Å²) in [6, 6.07) is 6.22. The lowest BCUT2D eigenvalue weighted by molar-refractivity contribution is -0.137. The van der Waals surface area contributed by atoms with Gasteiger partial charge in [-0.05, 0) is 79.0 Å². The molecule has 1 aromatic carbocycles. The van der Waals surface area contributed by atoms with Crippen LogP contribution in [0.25, 0.3) is 0 Å². The van der Waals surface area contributed by atoms with Gasteiger partial charge < -0.3 is 14.8 Å². The Balaban J connectivity index is 1.12. The smallest absolute Gasteiger partial charge is 0.381 e. The lowest BCUT2D eigenvalue weighted by atomic mass is 9.97. The zero-order valence-electron chi connectivity index (χ0n) is 22.7. The Hall–Kier alpha value is -2.53. The van der Waals surface area contributed by atoms with E-state index in [-0.39, 0.29) is 30.7 Å². The molecular weight excluding hydrogens is 521 g/mol. The van der Waals surface area contributed by atoms with Crippen LogP contribution in [-0.4, -0.2) is 78.3 Å². The minimum atomic E-state index is -4.38. The Labute approximate surface area is 233 Å². The number of benzene rings is 1. The van der Waals surface area contributed by atoms with Gasteiger partial charge in [-0.1, -0.05) is 6.07 Å². The fraction of sp³-hybridized carbons (Fsp3) is 0.600. The van der Waals surface area contributed by atoms with E-state index in [4.69, 9.17) is 9.47 Å². The largest absolute Gasteiger partial charge is 0.416 e. The van der Waals surface area contributed by atoms with E-state index in [0.717, 1.165) is 70.0 Å². The van der Waals surface area contributed by atoms with Crippen molar-refractivity contribution in [2.45, 2.75) is 75.5 Å². The van der Waals surface area contributed by atoms with E-state index >= 15 is 0 Å². The van der Waals surface area contributed by atoms with Gasteiger partial charge in [-0.2, -0.15) is 13.2 Å². The highest BCUT2D eigenvalue weighted by Crippen LogP contribution is 2.36. The molecule has 216 valence electrons. The molecular formula is C30H37F3N4O3. The average Bonchev–Trinajstić information content (AvgIpc) is 3.40. The van der Waals surface area contributed by atoms with Gasteiger partial charge in [-0.15, -0.1) is 0 Å². The lowest BCUT2D eigenvalue weighted by Gasteiger charge is -2.30. The number of halogens is 3. The normalized spacial score (nSPS) is 27.7. The second kappa shape index (κ2) is 11.8. The third-order valence-corrected chi connectivity index (χ3v) is 8.87. The maximum absolute atomic E-state index is 13.3. The summed E-state index contributed by atoms with van der Waals surface area (Å²) in [5, 5.41) is 3.25. The predicted molar refractivity (Wildman–Crippen MR) is 143 cm³/mol. The van der Waals surface area contributed by atoms with E-state index in [1.54, 1.807) is 12.3 Å². The van der Waals surface area contributed by atoms with Crippen LogP contribution < -0.4 is 5.32 Å². The summed E-state index contributed by atoms with van der Waals surface area (Å²) < 4.78 is 52.1. The summed E-state index contributed by atoms with van der Waals surface area (Å²) in [6.07, 6.45) is 4.72. The molecule has 7 nitrogen and oxygen atoms in total. The third kappa shape index (κ3) is 6.20. The zero-order chi connectivity index (χ0) is 27.7. The maximum atomic E-state index is 13.3. The van der Waals surface area contributed by atoms with Gasteiger partial charge in [0.05, 0.1) is 30.4 Å². The standard InChI is InChI=1S/C30H37F3N4O3/c31-30(32,33)23-5-3-20-8-11-36(16-22(20)14-23)19-29(38)35-26-17-37(24-2-1-12-39-13-9-24)18-28(26)40-27-6-4-21-15-34-10-7-25(21)27/h3,5,7,10,14-15,24,26-28H,1-2,4,6,8-9,11-13,16-19H2,(H,35,38)/t24?,26?,27?,28-/m0/s1. The Kier molecular flexibility index (Phi) is 8.12. The van der Waals surface area contributed by atoms with Crippen LogP contribution in [0.3, 0.4) is 0 Å². The van der Waals surface area contributed by atoms with E-state index in [9.17, 15) is 18.0 Å². The van der Waals surface area contributed by atoms with Gasteiger partial charge in [0.1, 0.15) is 0 Å². The molecule has 0 spiro atoms. The zero-order valence-corrected chi connectivity index (χ0v) is 22.7. The van der Waals surface area contributed by atoms with E-state index in [1.165, 1.54) is 17.2 Å². The number of fused-ring (bicyclic) bond motifs is 2. The van der Waals surface area contributed by atoms with Gasteiger partial charge in [-0.25, -0.2) is 0 Å². The van der Waals surface area contributed by atoms with Crippen molar-refractivity contribution < 1.29 is 27.4 Å². The number of nitrogens with one attached hydrogen (secondary N) is 1. The first-order valence-corrected chi connectivity index (χ1v) is 14.4. The predicted octanol–water partition coefficient (Wildman–Crippen LogP) is 3.90. The number of pyridine rings is 1. The Morgan fingerprint density at radius 1 is 1.07 bits per heavy atom. The van der Waals surface area contributed by atoms with Gasteiger partial charge in [0.25, 0.3) is 0 Å². The second-order valence-electron chi connectivity index (χ2n) is 11.5. The highest BCUT2D eigenvalue weighted by molar-refractivity contribution is 5.78.